The first kappa shape index (κ1) is 48.8. The molecule has 0 amide bonds. The molecule has 0 aliphatic carbocycles. The van der Waals surface area contributed by atoms with Crippen molar-refractivity contribution in [2.75, 3.05) is 16.5 Å². The van der Waals surface area contributed by atoms with E-state index in [9.17, 15) is 0 Å². The lowest BCUT2D eigenvalue weighted by Crippen LogP contribution is -2.25. The van der Waals surface area contributed by atoms with Gasteiger partial charge in [-0.1, -0.05) is 168 Å². The van der Waals surface area contributed by atoms with Crippen LogP contribution < -0.4 is 14.5 Å². The number of aromatic nitrogens is 3. The standard InChI is InChI=1S/C70H69N5O/c1-67(2,3)46-21-17-20-45(36-46)55-26-19-29-63-66(55)73(52-38-48(69(7,8)9)37-49(39-52)70(10,11)12)44-72(63)50-22-18-23-53(41-50)76-54-31-32-58-59-42-51(74-60-27-15-13-24-56(60)57-25-14-16-28-61(57)74)30-33-62(59)75(64(58)43-54)65-40-47(34-35-71-65)68(4,5)6/h13-43H,44H2,1-12H3. The molecule has 0 unspecified atom stereocenters. The molecule has 0 atom stereocenters. The molecule has 11 aromatic rings. The summed E-state index contributed by atoms with van der Waals surface area (Å²) in [5.74, 6) is 2.39. The number of pyridine rings is 1. The highest BCUT2D eigenvalue weighted by Crippen LogP contribution is 2.51. The smallest absolute Gasteiger partial charge is 0.137 e. The van der Waals surface area contributed by atoms with E-state index in [1.165, 1.54) is 66.6 Å². The summed E-state index contributed by atoms with van der Waals surface area (Å²) >= 11 is 0. The van der Waals surface area contributed by atoms with Crippen LogP contribution in [0, 0.1) is 0 Å². The van der Waals surface area contributed by atoms with Gasteiger partial charge in [0.1, 0.15) is 24.0 Å². The van der Waals surface area contributed by atoms with Crippen LogP contribution in [-0.2, 0) is 21.7 Å². The van der Waals surface area contributed by atoms with Crippen LogP contribution in [0.25, 0.3) is 66.2 Å². The maximum absolute atomic E-state index is 7.00. The molecule has 76 heavy (non-hydrogen) atoms. The quantitative estimate of drug-likeness (QED) is 0.159. The number of hydrogen-bond acceptors (Lipinski definition) is 4. The lowest BCUT2D eigenvalue weighted by Gasteiger charge is -2.30. The van der Waals surface area contributed by atoms with Gasteiger partial charge in [0.25, 0.3) is 0 Å². The van der Waals surface area contributed by atoms with Crippen molar-refractivity contribution >= 4 is 66.4 Å². The van der Waals surface area contributed by atoms with E-state index in [2.05, 4.69) is 284 Å². The van der Waals surface area contributed by atoms with Gasteiger partial charge in [0, 0.05) is 62.5 Å². The van der Waals surface area contributed by atoms with Crippen LogP contribution in [0.1, 0.15) is 105 Å². The number of hydrogen-bond donors (Lipinski definition) is 0. The molecular weight excluding hydrogens is 927 g/mol. The fraction of sp³-hybridized carbons (Fsp3) is 0.243. The van der Waals surface area contributed by atoms with Gasteiger partial charge in [0.15, 0.2) is 0 Å². The van der Waals surface area contributed by atoms with Crippen molar-refractivity contribution in [3.05, 3.63) is 210 Å². The third kappa shape index (κ3) is 8.58. The Balaban J connectivity index is 0.974. The first-order valence-corrected chi connectivity index (χ1v) is 27.0. The molecule has 6 nitrogen and oxygen atoms in total. The van der Waals surface area contributed by atoms with Crippen molar-refractivity contribution in [2.45, 2.75) is 105 Å². The van der Waals surface area contributed by atoms with Crippen molar-refractivity contribution in [3.63, 3.8) is 0 Å². The van der Waals surface area contributed by atoms with Crippen LogP contribution in [0.5, 0.6) is 11.5 Å². The molecule has 1 aliphatic rings. The number of para-hydroxylation sites is 3. The predicted molar refractivity (Wildman–Crippen MR) is 322 cm³/mol. The van der Waals surface area contributed by atoms with Gasteiger partial charge in [-0.2, -0.15) is 0 Å². The highest BCUT2D eigenvalue weighted by Gasteiger charge is 2.33. The Bertz CT molecular complexity index is 3980. The number of benzene rings is 8. The lowest BCUT2D eigenvalue weighted by molar-refractivity contribution is 0.483. The van der Waals surface area contributed by atoms with Crippen LogP contribution in [0.3, 0.4) is 0 Å². The molecule has 0 saturated heterocycles. The Hall–Kier alpha value is -8.09. The molecule has 3 aromatic heterocycles. The fourth-order valence-electron chi connectivity index (χ4n) is 11.3. The second-order valence-corrected chi connectivity index (χ2v) is 25.1. The highest BCUT2D eigenvalue weighted by molar-refractivity contribution is 6.12. The molecule has 0 bridgehead atoms. The molecule has 1 aliphatic heterocycles. The summed E-state index contributed by atoms with van der Waals surface area (Å²) in [6, 6.07) is 66.9. The highest BCUT2D eigenvalue weighted by atomic mass is 16.5. The van der Waals surface area contributed by atoms with Crippen molar-refractivity contribution in [2.24, 2.45) is 0 Å². The Labute approximate surface area is 448 Å². The van der Waals surface area contributed by atoms with Crippen LogP contribution in [0.15, 0.2) is 188 Å². The largest absolute Gasteiger partial charge is 0.457 e. The van der Waals surface area contributed by atoms with Crippen LogP contribution in [0.2, 0.25) is 0 Å². The molecule has 380 valence electrons. The molecule has 0 saturated carbocycles. The van der Waals surface area contributed by atoms with E-state index in [4.69, 9.17) is 9.72 Å². The topological polar surface area (TPSA) is 38.5 Å². The molecule has 0 N–H and O–H groups in total. The maximum Gasteiger partial charge on any atom is 0.137 e. The zero-order valence-corrected chi connectivity index (χ0v) is 46.2. The summed E-state index contributed by atoms with van der Waals surface area (Å²) in [7, 11) is 0. The summed E-state index contributed by atoms with van der Waals surface area (Å²) in [6.07, 6.45) is 1.94. The minimum atomic E-state index is -0.0585. The second-order valence-electron chi connectivity index (χ2n) is 25.1. The lowest BCUT2D eigenvalue weighted by atomic mass is 9.80. The minimum Gasteiger partial charge on any atom is -0.457 e. The first-order valence-electron chi connectivity index (χ1n) is 27.0. The molecule has 12 rings (SSSR count). The monoisotopic (exact) mass is 996 g/mol. The zero-order valence-electron chi connectivity index (χ0n) is 46.2. The number of nitrogens with zero attached hydrogens (tertiary/aromatic N) is 5. The summed E-state index contributed by atoms with van der Waals surface area (Å²) in [5.41, 5.74) is 17.7. The van der Waals surface area contributed by atoms with Gasteiger partial charge in [-0.25, -0.2) is 4.98 Å². The number of anilines is 4. The van der Waals surface area contributed by atoms with E-state index in [-0.39, 0.29) is 21.7 Å². The predicted octanol–water partition coefficient (Wildman–Crippen LogP) is 19.2. The third-order valence-corrected chi connectivity index (χ3v) is 15.6. The molecule has 8 aromatic carbocycles. The SMILES string of the molecule is CC(C)(C)c1cccc(-c2cccc3c2N(c2cc(C(C)(C)C)cc(C(C)(C)C)c2)CN3c2cccc(Oc3ccc4c5cc(-n6c7ccccc7c7ccccc76)ccc5n(-c5cc(C(C)(C)C)ccn5)c4c3)c2)c1. The van der Waals surface area contributed by atoms with Gasteiger partial charge in [-0.3, -0.25) is 4.57 Å². The van der Waals surface area contributed by atoms with Crippen LogP contribution in [-0.4, -0.2) is 20.8 Å². The summed E-state index contributed by atoms with van der Waals surface area (Å²) in [4.78, 5) is 10.0. The maximum atomic E-state index is 7.00. The van der Waals surface area contributed by atoms with Crippen molar-refractivity contribution in [3.8, 4) is 34.1 Å². The van der Waals surface area contributed by atoms with E-state index in [1.807, 2.05) is 6.20 Å². The molecule has 0 spiro atoms. The van der Waals surface area contributed by atoms with Crippen molar-refractivity contribution in [1.29, 1.82) is 0 Å². The van der Waals surface area contributed by atoms with E-state index in [1.54, 1.807) is 0 Å². The van der Waals surface area contributed by atoms with E-state index < -0.39 is 0 Å². The van der Waals surface area contributed by atoms with Crippen LogP contribution in [0.4, 0.5) is 22.7 Å². The minimum absolute atomic E-state index is 0.00995. The Morgan fingerprint density at radius 2 is 0.987 bits per heavy atom. The average molecular weight is 996 g/mol. The van der Waals surface area contributed by atoms with Crippen molar-refractivity contribution < 1.29 is 4.74 Å². The second kappa shape index (κ2) is 17.8. The first-order chi connectivity index (χ1) is 36.2. The van der Waals surface area contributed by atoms with E-state index in [0.717, 1.165) is 56.2 Å². The van der Waals surface area contributed by atoms with Gasteiger partial charge in [0.2, 0.25) is 0 Å². The van der Waals surface area contributed by atoms with Crippen molar-refractivity contribution in [1.82, 2.24) is 14.1 Å². The third-order valence-electron chi connectivity index (χ3n) is 15.6. The van der Waals surface area contributed by atoms with Gasteiger partial charge in [0.05, 0.1) is 33.4 Å². The Morgan fingerprint density at radius 3 is 1.67 bits per heavy atom. The van der Waals surface area contributed by atoms with Gasteiger partial charge < -0.3 is 19.1 Å². The zero-order chi connectivity index (χ0) is 53.1. The Kier molecular flexibility index (Phi) is 11.4. The number of rotatable bonds is 7. The molecule has 4 heterocycles. The summed E-state index contributed by atoms with van der Waals surface area (Å²) < 4.78 is 11.7. The molecular formula is C70H69N5O. The summed E-state index contributed by atoms with van der Waals surface area (Å²) in [5, 5.41) is 4.76. The average Bonchev–Trinajstić information content (AvgIpc) is 4.08. The molecule has 0 radical (unpaired) electrons. The van der Waals surface area contributed by atoms with E-state index in [0.29, 0.717) is 6.67 Å². The van der Waals surface area contributed by atoms with E-state index >= 15 is 0 Å². The number of ether oxygens (including phenoxy) is 1. The normalized spacial score (nSPS) is 13.4. The van der Waals surface area contributed by atoms with Gasteiger partial charge in [-0.15, -0.1) is 0 Å². The Morgan fingerprint density at radius 1 is 0.382 bits per heavy atom. The molecule has 0 fully saturated rings. The van der Waals surface area contributed by atoms with Gasteiger partial charge in [-0.05, 0) is 134 Å². The van der Waals surface area contributed by atoms with Gasteiger partial charge >= 0.3 is 0 Å². The fourth-order valence-corrected chi connectivity index (χ4v) is 11.3. The molecule has 6 heteroatoms. The summed E-state index contributed by atoms with van der Waals surface area (Å²) in [6.45, 7) is 28.2. The van der Waals surface area contributed by atoms with Crippen LogP contribution >= 0.6 is 0 Å². The number of fused-ring (bicyclic) bond motifs is 7.